The van der Waals surface area contributed by atoms with Crippen LogP contribution >= 0.6 is 0 Å². The molecule has 19 heavy (non-hydrogen) atoms. The predicted octanol–water partition coefficient (Wildman–Crippen LogP) is 2.01. The van der Waals surface area contributed by atoms with E-state index in [0.717, 1.165) is 5.56 Å². The molecule has 1 aliphatic carbocycles. The molecule has 100 valence electrons. The molecule has 1 aromatic rings. The molecule has 0 unspecified atom stereocenters. The number of phenols is 1. The highest BCUT2D eigenvalue weighted by Crippen LogP contribution is 2.18. The Hall–Kier alpha value is -2.10. The lowest BCUT2D eigenvalue weighted by molar-refractivity contribution is -0.145. The molecule has 1 atom stereocenters. The number of benzene rings is 1. The van der Waals surface area contributed by atoms with Crippen LogP contribution in [0.3, 0.4) is 0 Å². The fraction of sp³-hybridized carbons (Fsp3) is 0.333. The van der Waals surface area contributed by atoms with Gasteiger partial charge in [-0.25, -0.2) is 0 Å². The molecule has 1 aliphatic rings. The molecule has 4 nitrogen and oxygen atoms in total. The molecular formula is C15H16O4. The Kier molecular flexibility index (Phi) is 4.34. The van der Waals surface area contributed by atoms with Crippen LogP contribution in [-0.2, 0) is 20.7 Å². The number of carbonyl (C=O) groups is 2. The van der Waals surface area contributed by atoms with Crippen LogP contribution in [0.25, 0.3) is 0 Å². The number of allylic oxidation sites excluding steroid dienone is 2. The van der Waals surface area contributed by atoms with Gasteiger partial charge in [0.05, 0.1) is 13.0 Å². The second kappa shape index (κ2) is 6.18. The Morgan fingerprint density at radius 3 is 2.68 bits per heavy atom. The van der Waals surface area contributed by atoms with E-state index in [-0.39, 0.29) is 36.4 Å². The summed E-state index contributed by atoms with van der Waals surface area (Å²) in [5.41, 5.74) is 0.990. The number of ketones is 1. The van der Waals surface area contributed by atoms with E-state index in [1.165, 1.54) is 6.08 Å². The van der Waals surface area contributed by atoms with Crippen molar-refractivity contribution in [2.75, 3.05) is 6.61 Å². The maximum Gasteiger partial charge on any atom is 0.306 e. The van der Waals surface area contributed by atoms with Gasteiger partial charge in [-0.2, -0.15) is 0 Å². The predicted molar refractivity (Wildman–Crippen MR) is 69.6 cm³/mol. The summed E-state index contributed by atoms with van der Waals surface area (Å²) < 4.78 is 5.11. The van der Waals surface area contributed by atoms with E-state index < -0.39 is 0 Å². The average Bonchev–Trinajstić information content (AvgIpc) is 2.78. The van der Waals surface area contributed by atoms with Gasteiger partial charge in [0.15, 0.2) is 5.78 Å². The zero-order valence-corrected chi connectivity index (χ0v) is 10.5. The van der Waals surface area contributed by atoms with Gasteiger partial charge < -0.3 is 9.84 Å². The van der Waals surface area contributed by atoms with Crippen molar-refractivity contribution < 1.29 is 19.4 Å². The van der Waals surface area contributed by atoms with Crippen molar-refractivity contribution in [2.45, 2.75) is 19.3 Å². The molecule has 2 rings (SSSR count). The average molecular weight is 260 g/mol. The molecule has 0 saturated heterocycles. The Morgan fingerprint density at radius 1 is 1.32 bits per heavy atom. The van der Waals surface area contributed by atoms with Crippen LogP contribution in [0.15, 0.2) is 36.4 Å². The summed E-state index contributed by atoms with van der Waals surface area (Å²) in [7, 11) is 0. The highest BCUT2D eigenvalue weighted by Gasteiger charge is 2.23. The summed E-state index contributed by atoms with van der Waals surface area (Å²) in [5.74, 6) is -0.342. The van der Waals surface area contributed by atoms with E-state index >= 15 is 0 Å². The van der Waals surface area contributed by atoms with Crippen LogP contribution in [0.2, 0.25) is 0 Å². The fourth-order valence-electron chi connectivity index (χ4n) is 1.99. The Labute approximate surface area is 111 Å². The molecule has 0 spiro atoms. The molecule has 1 aromatic carbocycles. The Bertz CT molecular complexity index is 487. The molecule has 0 saturated carbocycles. The van der Waals surface area contributed by atoms with Crippen molar-refractivity contribution in [3.8, 4) is 5.75 Å². The van der Waals surface area contributed by atoms with E-state index in [2.05, 4.69) is 0 Å². The summed E-state index contributed by atoms with van der Waals surface area (Å²) >= 11 is 0. The third kappa shape index (κ3) is 3.95. The molecule has 0 fully saturated rings. The Morgan fingerprint density at radius 2 is 2.05 bits per heavy atom. The van der Waals surface area contributed by atoms with Crippen molar-refractivity contribution in [2.24, 2.45) is 5.92 Å². The number of hydrogen-bond acceptors (Lipinski definition) is 4. The van der Waals surface area contributed by atoms with Gasteiger partial charge in [0.25, 0.3) is 0 Å². The summed E-state index contributed by atoms with van der Waals surface area (Å²) in [6.45, 7) is 0.290. The lowest BCUT2D eigenvalue weighted by Crippen LogP contribution is -2.16. The number of hydrogen-bond donors (Lipinski definition) is 1. The van der Waals surface area contributed by atoms with Crippen LogP contribution in [0.1, 0.15) is 18.4 Å². The summed E-state index contributed by atoms with van der Waals surface area (Å²) in [5, 5.41) is 9.13. The standard InChI is InChI=1S/C15H16O4/c16-13-6-4-11(5-7-13)8-9-19-15(18)10-12-2-1-3-14(12)17/h1,3-7,12,16H,2,8-10H2/t12-/m0/s1. The first-order chi connectivity index (χ1) is 9.15. The molecule has 0 aliphatic heterocycles. The molecule has 0 bridgehead atoms. The minimum absolute atomic E-state index is 0.00971. The van der Waals surface area contributed by atoms with E-state index in [1.54, 1.807) is 30.3 Å². The molecule has 0 amide bonds. The zero-order valence-electron chi connectivity index (χ0n) is 10.5. The first-order valence-electron chi connectivity index (χ1n) is 6.29. The zero-order chi connectivity index (χ0) is 13.7. The second-order valence-corrected chi connectivity index (χ2v) is 4.58. The number of carbonyl (C=O) groups excluding carboxylic acids is 2. The minimum atomic E-state index is -0.333. The first kappa shape index (κ1) is 13.3. The van der Waals surface area contributed by atoms with Gasteiger partial charge in [-0.15, -0.1) is 0 Å². The molecule has 1 N–H and O–H groups in total. The van der Waals surface area contributed by atoms with Gasteiger partial charge in [0.2, 0.25) is 0 Å². The summed E-state index contributed by atoms with van der Waals surface area (Å²) in [4.78, 5) is 22.9. The van der Waals surface area contributed by atoms with Crippen LogP contribution < -0.4 is 0 Å². The number of phenolic OH excluding ortho intramolecular Hbond substituents is 1. The quantitative estimate of drug-likeness (QED) is 0.823. The SMILES string of the molecule is O=C(C[C@@H]1CC=CC1=O)OCCc1ccc(O)cc1. The maximum absolute atomic E-state index is 11.5. The highest BCUT2D eigenvalue weighted by atomic mass is 16.5. The van der Waals surface area contributed by atoms with Crippen molar-refractivity contribution >= 4 is 11.8 Å². The molecule has 0 radical (unpaired) electrons. The van der Waals surface area contributed by atoms with Crippen molar-refractivity contribution in [3.63, 3.8) is 0 Å². The van der Waals surface area contributed by atoms with Crippen LogP contribution in [-0.4, -0.2) is 23.5 Å². The van der Waals surface area contributed by atoms with Gasteiger partial charge in [-0.1, -0.05) is 18.2 Å². The number of rotatable bonds is 5. The van der Waals surface area contributed by atoms with Gasteiger partial charge in [0.1, 0.15) is 5.75 Å². The van der Waals surface area contributed by atoms with Crippen molar-refractivity contribution in [1.29, 1.82) is 0 Å². The minimum Gasteiger partial charge on any atom is -0.508 e. The van der Waals surface area contributed by atoms with E-state index in [0.29, 0.717) is 12.8 Å². The largest absolute Gasteiger partial charge is 0.508 e. The normalized spacial score (nSPS) is 17.7. The maximum atomic E-state index is 11.5. The molecule has 0 heterocycles. The number of ether oxygens (including phenoxy) is 1. The summed E-state index contributed by atoms with van der Waals surface area (Å²) in [6, 6.07) is 6.77. The van der Waals surface area contributed by atoms with Crippen molar-refractivity contribution in [1.82, 2.24) is 0 Å². The molecule has 0 aromatic heterocycles. The summed E-state index contributed by atoms with van der Waals surface area (Å²) in [6.07, 6.45) is 4.70. The third-order valence-corrected chi connectivity index (χ3v) is 3.11. The number of esters is 1. The van der Waals surface area contributed by atoms with Crippen molar-refractivity contribution in [3.05, 3.63) is 42.0 Å². The van der Waals surface area contributed by atoms with Crippen LogP contribution in [0, 0.1) is 5.92 Å². The van der Waals surface area contributed by atoms with E-state index in [4.69, 9.17) is 9.84 Å². The van der Waals surface area contributed by atoms with E-state index in [1.807, 2.05) is 0 Å². The second-order valence-electron chi connectivity index (χ2n) is 4.58. The monoisotopic (exact) mass is 260 g/mol. The lowest BCUT2D eigenvalue weighted by atomic mass is 10.0. The van der Waals surface area contributed by atoms with Gasteiger partial charge in [0, 0.05) is 12.3 Å². The van der Waals surface area contributed by atoms with Crippen LogP contribution in [0.4, 0.5) is 0 Å². The first-order valence-corrected chi connectivity index (χ1v) is 6.29. The molecular weight excluding hydrogens is 244 g/mol. The van der Waals surface area contributed by atoms with Gasteiger partial charge in [-0.3, -0.25) is 9.59 Å². The lowest BCUT2D eigenvalue weighted by Gasteiger charge is -2.08. The molecule has 4 heteroatoms. The Balaban J connectivity index is 1.69. The smallest absolute Gasteiger partial charge is 0.306 e. The van der Waals surface area contributed by atoms with E-state index in [9.17, 15) is 9.59 Å². The highest BCUT2D eigenvalue weighted by molar-refractivity contribution is 5.96. The van der Waals surface area contributed by atoms with Crippen LogP contribution in [0.5, 0.6) is 5.75 Å². The van der Waals surface area contributed by atoms with Gasteiger partial charge >= 0.3 is 5.97 Å². The number of aromatic hydroxyl groups is 1. The fourth-order valence-corrected chi connectivity index (χ4v) is 1.99. The van der Waals surface area contributed by atoms with Gasteiger partial charge in [-0.05, 0) is 30.2 Å². The third-order valence-electron chi connectivity index (χ3n) is 3.11. The topological polar surface area (TPSA) is 63.6 Å².